The number of likely N-dealkylation sites (tertiary alicyclic amines) is 1. The molecule has 2 aromatic carbocycles. The zero-order valence-electron chi connectivity index (χ0n) is 22.2. The number of nitrogens with zero attached hydrogens (tertiary/aromatic N) is 2. The van der Waals surface area contributed by atoms with Gasteiger partial charge in [-0.25, -0.2) is 8.78 Å². The molecule has 2 aliphatic heterocycles. The van der Waals surface area contributed by atoms with Gasteiger partial charge < -0.3 is 19.3 Å². The molecule has 204 valence electrons. The highest BCUT2D eigenvalue weighted by Crippen LogP contribution is 2.47. The first-order chi connectivity index (χ1) is 18.1. The fourth-order valence-corrected chi connectivity index (χ4v) is 5.65. The van der Waals surface area contributed by atoms with Gasteiger partial charge in [-0.1, -0.05) is 42.8 Å². The third-order valence-electron chi connectivity index (χ3n) is 7.80. The first kappa shape index (κ1) is 27.5. The van der Waals surface area contributed by atoms with Crippen LogP contribution in [0.25, 0.3) is 0 Å². The number of para-hydroxylation sites is 1. The van der Waals surface area contributed by atoms with Crippen LogP contribution in [-0.2, 0) is 19.1 Å². The number of carbonyl (C=O) groups is 3. The standard InChI is InChI=1S/C29H34F2N2O5/c1-5-38-27(36)22-16-32(17-29(22,3)28(30)31)26(35)21-14-15-24(34)33(19-12-10-18(2)11-13-19)25(21)20-8-6-7-9-23(20)37-4/h6-13,21-22,25,28H,5,14-17H2,1-4H3. The van der Waals surface area contributed by atoms with Gasteiger partial charge in [0.25, 0.3) is 0 Å². The Morgan fingerprint density at radius 2 is 1.82 bits per heavy atom. The molecule has 0 radical (unpaired) electrons. The number of ether oxygens (including phenoxy) is 2. The number of hydrogen-bond acceptors (Lipinski definition) is 5. The van der Waals surface area contributed by atoms with E-state index in [-0.39, 0.29) is 44.4 Å². The molecule has 2 fully saturated rings. The van der Waals surface area contributed by atoms with Crippen molar-refractivity contribution in [2.24, 2.45) is 17.3 Å². The number of anilines is 1. The minimum absolute atomic E-state index is 0.0642. The number of amides is 2. The van der Waals surface area contributed by atoms with E-state index < -0.39 is 35.7 Å². The van der Waals surface area contributed by atoms with Crippen LogP contribution < -0.4 is 9.64 Å². The molecule has 9 heteroatoms. The van der Waals surface area contributed by atoms with Crippen LogP contribution >= 0.6 is 0 Å². The number of esters is 1. The number of piperidine rings is 1. The van der Waals surface area contributed by atoms with E-state index in [4.69, 9.17) is 9.47 Å². The summed E-state index contributed by atoms with van der Waals surface area (Å²) in [4.78, 5) is 43.1. The number of benzene rings is 2. The van der Waals surface area contributed by atoms with E-state index in [2.05, 4.69) is 0 Å². The van der Waals surface area contributed by atoms with Gasteiger partial charge in [-0.15, -0.1) is 0 Å². The lowest BCUT2D eigenvalue weighted by Gasteiger charge is -2.42. The summed E-state index contributed by atoms with van der Waals surface area (Å²) >= 11 is 0. The Balaban J connectivity index is 1.76. The molecular formula is C29H34F2N2O5. The maximum absolute atomic E-state index is 14.2. The monoisotopic (exact) mass is 528 g/mol. The Hall–Kier alpha value is -3.49. The van der Waals surface area contributed by atoms with Crippen molar-refractivity contribution in [3.8, 4) is 5.75 Å². The van der Waals surface area contributed by atoms with Crippen molar-refractivity contribution in [1.29, 1.82) is 0 Å². The Labute approximate surface area is 221 Å². The van der Waals surface area contributed by atoms with Crippen molar-refractivity contribution >= 4 is 23.5 Å². The zero-order valence-corrected chi connectivity index (χ0v) is 22.2. The van der Waals surface area contributed by atoms with Crippen molar-refractivity contribution in [3.63, 3.8) is 0 Å². The van der Waals surface area contributed by atoms with Gasteiger partial charge in [0.15, 0.2) is 0 Å². The lowest BCUT2D eigenvalue weighted by Crippen LogP contribution is -2.49. The molecule has 0 N–H and O–H groups in total. The molecule has 0 aromatic heterocycles. The highest BCUT2D eigenvalue weighted by atomic mass is 19.3. The topological polar surface area (TPSA) is 76.2 Å². The molecule has 2 aliphatic rings. The van der Waals surface area contributed by atoms with Crippen molar-refractivity contribution in [2.45, 2.75) is 46.1 Å². The predicted molar refractivity (Wildman–Crippen MR) is 138 cm³/mol. The summed E-state index contributed by atoms with van der Waals surface area (Å²) in [5.74, 6) is -2.60. The van der Waals surface area contributed by atoms with Crippen LogP contribution in [-0.4, -0.2) is 55.9 Å². The molecule has 2 saturated heterocycles. The van der Waals surface area contributed by atoms with E-state index in [0.29, 0.717) is 17.0 Å². The lowest BCUT2D eigenvalue weighted by atomic mass is 9.80. The van der Waals surface area contributed by atoms with Gasteiger partial charge in [0.2, 0.25) is 18.2 Å². The molecular weight excluding hydrogens is 494 g/mol. The molecule has 2 amide bonds. The van der Waals surface area contributed by atoms with Crippen LogP contribution in [0.2, 0.25) is 0 Å². The molecule has 38 heavy (non-hydrogen) atoms. The highest BCUT2D eigenvalue weighted by Gasteiger charge is 2.56. The fraction of sp³-hybridized carbons (Fsp3) is 0.483. The van der Waals surface area contributed by atoms with E-state index in [1.165, 1.54) is 18.9 Å². The minimum Gasteiger partial charge on any atom is -0.496 e. The second-order valence-corrected chi connectivity index (χ2v) is 10.3. The van der Waals surface area contributed by atoms with E-state index in [1.807, 2.05) is 43.3 Å². The molecule has 4 rings (SSSR count). The second kappa shape index (κ2) is 11.1. The number of halogens is 2. The van der Waals surface area contributed by atoms with Crippen LogP contribution in [0.5, 0.6) is 5.75 Å². The van der Waals surface area contributed by atoms with Crippen molar-refractivity contribution in [1.82, 2.24) is 4.90 Å². The van der Waals surface area contributed by atoms with Gasteiger partial charge >= 0.3 is 5.97 Å². The molecule has 2 heterocycles. The average Bonchev–Trinajstić information content (AvgIpc) is 3.28. The molecule has 0 saturated carbocycles. The predicted octanol–water partition coefficient (Wildman–Crippen LogP) is 4.78. The molecule has 0 bridgehead atoms. The van der Waals surface area contributed by atoms with Crippen molar-refractivity contribution in [2.75, 3.05) is 31.7 Å². The third-order valence-corrected chi connectivity index (χ3v) is 7.80. The third kappa shape index (κ3) is 4.98. The maximum atomic E-state index is 14.2. The second-order valence-electron chi connectivity index (χ2n) is 10.3. The molecule has 2 aromatic rings. The number of methoxy groups -OCH3 is 1. The normalized spacial score (nSPS) is 25.6. The average molecular weight is 529 g/mol. The molecule has 4 atom stereocenters. The first-order valence-corrected chi connectivity index (χ1v) is 12.9. The van der Waals surface area contributed by atoms with Crippen molar-refractivity contribution in [3.05, 3.63) is 59.7 Å². The van der Waals surface area contributed by atoms with Gasteiger partial charge in [0, 0.05) is 30.8 Å². The van der Waals surface area contributed by atoms with Crippen molar-refractivity contribution < 1.29 is 32.6 Å². The smallest absolute Gasteiger partial charge is 0.311 e. The van der Waals surface area contributed by atoms with E-state index >= 15 is 0 Å². The first-order valence-electron chi connectivity index (χ1n) is 12.9. The Kier molecular flexibility index (Phi) is 8.04. The number of hydrogen-bond donors (Lipinski definition) is 0. The van der Waals surface area contributed by atoms with Gasteiger partial charge in [-0.3, -0.25) is 14.4 Å². The van der Waals surface area contributed by atoms with E-state index in [9.17, 15) is 23.2 Å². The fourth-order valence-electron chi connectivity index (χ4n) is 5.65. The van der Waals surface area contributed by atoms with Gasteiger partial charge in [0.05, 0.1) is 37.0 Å². The summed E-state index contributed by atoms with van der Waals surface area (Å²) in [5.41, 5.74) is 0.577. The quantitative estimate of drug-likeness (QED) is 0.484. The van der Waals surface area contributed by atoms with Crippen LogP contribution in [0.3, 0.4) is 0 Å². The number of alkyl halides is 2. The highest BCUT2D eigenvalue weighted by molar-refractivity contribution is 5.97. The minimum atomic E-state index is -2.82. The summed E-state index contributed by atoms with van der Waals surface area (Å²) in [6.45, 7) is 4.51. The van der Waals surface area contributed by atoms with Crippen LogP contribution in [0.4, 0.5) is 14.5 Å². The Morgan fingerprint density at radius 1 is 1.13 bits per heavy atom. The summed E-state index contributed by atoms with van der Waals surface area (Å²) in [7, 11) is 1.52. The summed E-state index contributed by atoms with van der Waals surface area (Å²) in [5, 5.41) is 0. The summed E-state index contributed by atoms with van der Waals surface area (Å²) in [6.07, 6.45) is -2.46. The van der Waals surface area contributed by atoms with Crippen LogP contribution in [0.1, 0.15) is 43.9 Å². The number of carbonyl (C=O) groups excluding carboxylic acids is 3. The summed E-state index contributed by atoms with van der Waals surface area (Å²) in [6, 6.07) is 13.9. The SMILES string of the molecule is CCOC(=O)C1CN(C(=O)C2CCC(=O)N(c3ccc(C)cc3)C2c2ccccc2OC)CC1(C)C(F)F. The van der Waals surface area contributed by atoms with Gasteiger partial charge in [-0.2, -0.15) is 0 Å². The Bertz CT molecular complexity index is 1190. The summed E-state index contributed by atoms with van der Waals surface area (Å²) < 4.78 is 39.2. The largest absolute Gasteiger partial charge is 0.496 e. The van der Waals surface area contributed by atoms with Gasteiger partial charge in [-0.05, 0) is 38.5 Å². The van der Waals surface area contributed by atoms with E-state index in [1.54, 1.807) is 24.0 Å². The van der Waals surface area contributed by atoms with Gasteiger partial charge in [0.1, 0.15) is 5.75 Å². The number of aryl methyl sites for hydroxylation is 1. The lowest BCUT2D eigenvalue weighted by molar-refractivity contribution is -0.154. The van der Waals surface area contributed by atoms with Crippen LogP contribution in [0, 0.1) is 24.2 Å². The Morgan fingerprint density at radius 3 is 2.45 bits per heavy atom. The molecule has 0 spiro atoms. The zero-order chi connectivity index (χ0) is 27.6. The van der Waals surface area contributed by atoms with E-state index in [0.717, 1.165) is 5.56 Å². The molecule has 0 aliphatic carbocycles. The molecule has 4 unspecified atom stereocenters. The maximum Gasteiger partial charge on any atom is 0.311 e. The number of rotatable bonds is 7. The van der Waals surface area contributed by atoms with Crippen LogP contribution in [0.15, 0.2) is 48.5 Å². The molecule has 7 nitrogen and oxygen atoms in total.